The molecule has 0 unspecified atom stereocenters. The van der Waals surface area contributed by atoms with Crippen LogP contribution in [0, 0.1) is 0 Å². The van der Waals surface area contributed by atoms with Crippen LogP contribution in [0.1, 0.15) is 5.69 Å². The maximum atomic E-state index is 6.00. The van der Waals surface area contributed by atoms with Crippen molar-refractivity contribution in [2.24, 2.45) is 7.05 Å². The van der Waals surface area contributed by atoms with Gasteiger partial charge in [-0.1, -0.05) is 34.8 Å². The summed E-state index contributed by atoms with van der Waals surface area (Å²) in [6.07, 6.45) is 2.68. The molecule has 0 amide bonds. The monoisotopic (exact) mass is 304 g/mol. The molecule has 0 aliphatic carbocycles. The van der Waals surface area contributed by atoms with Crippen LogP contribution < -0.4 is 5.32 Å². The number of pyridine rings is 1. The highest BCUT2D eigenvalue weighted by Gasteiger charge is 2.07. The smallest absolute Gasteiger partial charge is 0.150 e. The second-order valence-electron chi connectivity index (χ2n) is 3.75. The number of anilines is 1. The fourth-order valence-corrected chi connectivity index (χ4v) is 2.04. The molecule has 0 spiro atoms. The molecular formula is C11H11Cl3N4. The Balaban J connectivity index is 1.96. The zero-order valence-corrected chi connectivity index (χ0v) is 11.9. The van der Waals surface area contributed by atoms with Crippen LogP contribution in [0.4, 0.5) is 5.82 Å². The number of nitrogens with zero attached hydrogens (tertiary/aromatic N) is 3. The molecule has 0 fully saturated rings. The molecule has 0 aromatic carbocycles. The van der Waals surface area contributed by atoms with Gasteiger partial charge in [0.2, 0.25) is 0 Å². The topological polar surface area (TPSA) is 42.7 Å². The molecule has 18 heavy (non-hydrogen) atoms. The summed E-state index contributed by atoms with van der Waals surface area (Å²) in [7, 11) is 1.88. The van der Waals surface area contributed by atoms with Gasteiger partial charge < -0.3 is 5.32 Å². The Labute approximate surface area is 120 Å². The molecule has 0 radical (unpaired) electrons. The average Bonchev–Trinajstić information content (AvgIpc) is 2.71. The van der Waals surface area contributed by atoms with Crippen LogP contribution in [0.15, 0.2) is 18.3 Å². The van der Waals surface area contributed by atoms with Crippen molar-refractivity contribution in [3.63, 3.8) is 0 Å². The third kappa shape index (κ3) is 3.28. The van der Waals surface area contributed by atoms with Crippen LogP contribution in [-0.2, 0) is 13.5 Å². The third-order valence-corrected chi connectivity index (χ3v) is 3.29. The number of halogens is 3. The van der Waals surface area contributed by atoms with E-state index in [0.29, 0.717) is 22.4 Å². The Kier molecular flexibility index (Phi) is 4.32. The first-order chi connectivity index (χ1) is 8.56. The maximum absolute atomic E-state index is 6.00. The van der Waals surface area contributed by atoms with Gasteiger partial charge in [-0.2, -0.15) is 5.10 Å². The van der Waals surface area contributed by atoms with Gasteiger partial charge in [0.25, 0.3) is 0 Å². The van der Waals surface area contributed by atoms with Crippen molar-refractivity contribution in [1.82, 2.24) is 14.8 Å². The van der Waals surface area contributed by atoms with Gasteiger partial charge in [-0.3, -0.25) is 4.68 Å². The van der Waals surface area contributed by atoms with E-state index in [1.54, 1.807) is 10.7 Å². The maximum Gasteiger partial charge on any atom is 0.150 e. The normalized spacial score (nSPS) is 10.7. The fraction of sp³-hybridized carbons (Fsp3) is 0.273. The SMILES string of the molecule is Cn1ccc(CCNc2nc(Cl)c(Cl)cc2Cl)n1. The van der Waals surface area contributed by atoms with Gasteiger partial charge in [0, 0.05) is 26.2 Å². The lowest BCUT2D eigenvalue weighted by Crippen LogP contribution is -2.07. The molecule has 0 atom stereocenters. The summed E-state index contributed by atoms with van der Waals surface area (Å²) < 4.78 is 1.76. The lowest BCUT2D eigenvalue weighted by molar-refractivity contribution is 0.742. The fourth-order valence-electron chi connectivity index (χ4n) is 1.47. The predicted molar refractivity (Wildman–Crippen MR) is 74.7 cm³/mol. The highest BCUT2D eigenvalue weighted by molar-refractivity contribution is 6.42. The first-order valence-electron chi connectivity index (χ1n) is 5.30. The Hall–Kier alpha value is -0.970. The van der Waals surface area contributed by atoms with Gasteiger partial charge in [0.1, 0.15) is 11.0 Å². The summed E-state index contributed by atoms with van der Waals surface area (Å²) in [6.45, 7) is 0.668. The molecule has 2 aromatic heterocycles. The van der Waals surface area contributed by atoms with Crippen LogP contribution in [0.5, 0.6) is 0 Å². The van der Waals surface area contributed by atoms with Gasteiger partial charge in [-0.05, 0) is 12.1 Å². The van der Waals surface area contributed by atoms with Gasteiger partial charge in [-0.15, -0.1) is 0 Å². The second kappa shape index (κ2) is 5.78. The molecule has 2 heterocycles. The van der Waals surface area contributed by atoms with E-state index in [2.05, 4.69) is 15.4 Å². The van der Waals surface area contributed by atoms with Crippen molar-refractivity contribution in [3.8, 4) is 0 Å². The lowest BCUT2D eigenvalue weighted by atomic mass is 10.3. The molecule has 1 N–H and O–H groups in total. The first-order valence-corrected chi connectivity index (χ1v) is 6.43. The molecule has 96 valence electrons. The number of hydrogen-bond acceptors (Lipinski definition) is 3. The van der Waals surface area contributed by atoms with E-state index in [9.17, 15) is 0 Å². The first kappa shape index (κ1) is 13.5. The molecule has 0 saturated carbocycles. The van der Waals surface area contributed by atoms with Crippen LogP contribution >= 0.6 is 34.8 Å². The van der Waals surface area contributed by atoms with Crippen LogP contribution in [0.25, 0.3) is 0 Å². The standard InChI is InChI=1S/C11H11Cl3N4/c1-18-5-3-7(17-18)2-4-15-11-9(13)6-8(12)10(14)16-11/h3,5-6H,2,4H2,1H3,(H,15,16). The van der Waals surface area contributed by atoms with Gasteiger partial charge in [0.15, 0.2) is 0 Å². The van der Waals surface area contributed by atoms with Crippen molar-refractivity contribution in [2.75, 3.05) is 11.9 Å². The minimum absolute atomic E-state index is 0.237. The molecule has 0 bridgehead atoms. The van der Waals surface area contributed by atoms with E-state index in [4.69, 9.17) is 34.8 Å². The number of hydrogen-bond donors (Lipinski definition) is 1. The van der Waals surface area contributed by atoms with Crippen molar-refractivity contribution >= 4 is 40.6 Å². The molecule has 7 heteroatoms. The van der Waals surface area contributed by atoms with Crippen molar-refractivity contribution in [2.45, 2.75) is 6.42 Å². The Morgan fingerprint density at radius 1 is 1.28 bits per heavy atom. The van der Waals surface area contributed by atoms with Gasteiger partial charge >= 0.3 is 0 Å². The number of nitrogens with one attached hydrogen (secondary N) is 1. The molecule has 0 saturated heterocycles. The minimum Gasteiger partial charge on any atom is -0.368 e. The van der Waals surface area contributed by atoms with Gasteiger partial charge in [0.05, 0.1) is 15.7 Å². The van der Waals surface area contributed by atoms with Crippen LogP contribution in [0.3, 0.4) is 0 Å². The molecule has 0 aliphatic heterocycles. The van der Waals surface area contributed by atoms with Crippen molar-refractivity contribution in [3.05, 3.63) is 39.2 Å². The van der Waals surface area contributed by atoms with E-state index in [-0.39, 0.29) is 5.15 Å². The Morgan fingerprint density at radius 2 is 2.06 bits per heavy atom. The summed E-state index contributed by atoms with van der Waals surface area (Å²) in [5.74, 6) is 0.530. The number of rotatable bonds is 4. The molecule has 0 aliphatic rings. The van der Waals surface area contributed by atoms with Gasteiger partial charge in [-0.25, -0.2) is 4.98 Å². The van der Waals surface area contributed by atoms with E-state index in [0.717, 1.165) is 12.1 Å². The molecule has 2 aromatic rings. The van der Waals surface area contributed by atoms with E-state index < -0.39 is 0 Å². The van der Waals surface area contributed by atoms with Crippen molar-refractivity contribution < 1.29 is 0 Å². The van der Waals surface area contributed by atoms with Crippen molar-refractivity contribution in [1.29, 1.82) is 0 Å². The highest BCUT2D eigenvalue weighted by Crippen LogP contribution is 2.28. The van der Waals surface area contributed by atoms with E-state index in [1.165, 1.54) is 0 Å². The zero-order chi connectivity index (χ0) is 13.1. The zero-order valence-electron chi connectivity index (χ0n) is 9.62. The number of aryl methyl sites for hydroxylation is 1. The lowest BCUT2D eigenvalue weighted by Gasteiger charge is -2.07. The Bertz CT molecular complexity index is 553. The second-order valence-corrected chi connectivity index (χ2v) is 4.92. The third-order valence-electron chi connectivity index (χ3n) is 2.33. The summed E-state index contributed by atoms with van der Waals surface area (Å²) in [6, 6.07) is 3.53. The van der Waals surface area contributed by atoms with E-state index >= 15 is 0 Å². The number of aromatic nitrogens is 3. The minimum atomic E-state index is 0.237. The molecule has 2 rings (SSSR count). The summed E-state index contributed by atoms with van der Waals surface area (Å²) in [5, 5.41) is 8.41. The average molecular weight is 306 g/mol. The van der Waals surface area contributed by atoms with Crippen LogP contribution in [-0.4, -0.2) is 21.3 Å². The predicted octanol–water partition coefficient (Wildman–Crippen LogP) is 3.43. The highest BCUT2D eigenvalue weighted by atomic mass is 35.5. The largest absolute Gasteiger partial charge is 0.368 e. The summed E-state index contributed by atoms with van der Waals surface area (Å²) >= 11 is 17.6. The summed E-state index contributed by atoms with van der Waals surface area (Å²) in [5.41, 5.74) is 1.00. The quantitative estimate of drug-likeness (QED) is 0.880. The van der Waals surface area contributed by atoms with Crippen LogP contribution in [0.2, 0.25) is 15.2 Å². The molecule has 4 nitrogen and oxygen atoms in total. The Morgan fingerprint density at radius 3 is 2.72 bits per heavy atom. The summed E-state index contributed by atoms with van der Waals surface area (Å²) in [4.78, 5) is 4.07. The van der Waals surface area contributed by atoms with E-state index in [1.807, 2.05) is 19.3 Å². The molecular weight excluding hydrogens is 295 g/mol.